The van der Waals surface area contributed by atoms with Crippen LogP contribution < -0.4 is 5.73 Å². The molecule has 0 bridgehead atoms. The third-order valence-corrected chi connectivity index (χ3v) is 4.12. The molecular weight excluding hydrogens is 262 g/mol. The van der Waals surface area contributed by atoms with E-state index in [1.807, 2.05) is 0 Å². The fraction of sp³-hybridized carbons (Fsp3) is 0.769. The minimum Gasteiger partial charge on any atom is -0.481 e. The maximum absolute atomic E-state index is 12.5. The molecule has 3 amide bonds. The van der Waals surface area contributed by atoms with Crippen molar-refractivity contribution >= 4 is 17.9 Å². The van der Waals surface area contributed by atoms with Crippen LogP contribution in [0.15, 0.2) is 0 Å². The quantitative estimate of drug-likeness (QED) is 0.757. The summed E-state index contributed by atoms with van der Waals surface area (Å²) in [6.07, 6.45) is 3.61. The van der Waals surface area contributed by atoms with E-state index >= 15 is 0 Å². The summed E-state index contributed by atoms with van der Waals surface area (Å²) in [6.45, 7) is 1.28. The second kappa shape index (κ2) is 6.11. The number of hydrogen-bond acceptors (Lipinski definition) is 3. The highest BCUT2D eigenvalue weighted by molar-refractivity contribution is 5.86. The molecule has 2 fully saturated rings. The smallest absolute Gasteiger partial charge is 0.320 e. The van der Waals surface area contributed by atoms with Crippen molar-refractivity contribution in [3.05, 3.63) is 0 Å². The zero-order valence-corrected chi connectivity index (χ0v) is 11.5. The Morgan fingerprint density at radius 3 is 2.45 bits per heavy atom. The first-order chi connectivity index (χ1) is 9.50. The number of piperidine rings is 2. The zero-order valence-electron chi connectivity index (χ0n) is 11.5. The average molecular weight is 283 g/mol. The highest BCUT2D eigenvalue weighted by Gasteiger charge is 2.36. The molecule has 0 aromatic heterocycles. The van der Waals surface area contributed by atoms with E-state index in [2.05, 4.69) is 0 Å². The fourth-order valence-electron chi connectivity index (χ4n) is 2.99. The van der Waals surface area contributed by atoms with Crippen molar-refractivity contribution < 1.29 is 19.5 Å². The van der Waals surface area contributed by atoms with Crippen LogP contribution >= 0.6 is 0 Å². The van der Waals surface area contributed by atoms with E-state index in [-0.39, 0.29) is 12.6 Å². The van der Waals surface area contributed by atoms with Crippen molar-refractivity contribution in [2.24, 2.45) is 11.7 Å². The van der Waals surface area contributed by atoms with Gasteiger partial charge in [-0.2, -0.15) is 0 Å². The molecule has 0 radical (unpaired) electrons. The Balaban J connectivity index is 2.05. The SMILES string of the molecule is NC(=O)C1CCCCN1C(=O)N1CCC[C@@H](C(=O)O)C1. The van der Waals surface area contributed by atoms with Crippen LogP contribution in [0.25, 0.3) is 0 Å². The molecule has 2 aliphatic rings. The largest absolute Gasteiger partial charge is 0.481 e. The lowest BCUT2D eigenvalue weighted by Crippen LogP contribution is -2.56. The Kier molecular flexibility index (Phi) is 4.46. The molecule has 0 aromatic rings. The lowest BCUT2D eigenvalue weighted by atomic mass is 9.98. The van der Waals surface area contributed by atoms with E-state index in [1.165, 1.54) is 4.90 Å². The van der Waals surface area contributed by atoms with E-state index in [1.54, 1.807) is 4.90 Å². The average Bonchev–Trinajstić information content (AvgIpc) is 2.46. The van der Waals surface area contributed by atoms with Gasteiger partial charge in [0, 0.05) is 19.6 Å². The molecule has 2 saturated heterocycles. The second-order valence-corrected chi connectivity index (χ2v) is 5.51. The number of carbonyl (C=O) groups is 3. The van der Waals surface area contributed by atoms with Gasteiger partial charge in [0.05, 0.1) is 5.92 Å². The number of carboxylic acid groups (broad SMARTS) is 1. The minimum absolute atomic E-state index is 0.218. The molecule has 2 atom stereocenters. The summed E-state index contributed by atoms with van der Waals surface area (Å²) in [6, 6.07) is -0.805. The summed E-state index contributed by atoms with van der Waals surface area (Å²) in [7, 11) is 0. The molecule has 2 rings (SSSR count). The van der Waals surface area contributed by atoms with Gasteiger partial charge in [-0.3, -0.25) is 9.59 Å². The van der Waals surface area contributed by atoms with Gasteiger partial charge in [-0.1, -0.05) is 0 Å². The van der Waals surface area contributed by atoms with Crippen LogP contribution in [0.2, 0.25) is 0 Å². The number of aliphatic carboxylic acids is 1. The first-order valence-corrected chi connectivity index (χ1v) is 7.08. The van der Waals surface area contributed by atoms with E-state index in [0.29, 0.717) is 32.4 Å². The van der Waals surface area contributed by atoms with Gasteiger partial charge in [-0.25, -0.2) is 4.79 Å². The summed E-state index contributed by atoms with van der Waals surface area (Å²) >= 11 is 0. The molecule has 0 spiro atoms. The van der Waals surface area contributed by atoms with Crippen molar-refractivity contribution in [1.82, 2.24) is 9.80 Å². The maximum Gasteiger partial charge on any atom is 0.320 e. The van der Waals surface area contributed by atoms with E-state index < -0.39 is 23.8 Å². The molecule has 112 valence electrons. The number of nitrogens with two attached hydrogens (primary N) is 1. The van der Waals surface area contributed by atoms with Crippen LogP contribution in [0.1, 0.15) is 32.1 Å². The predicted octanol–water partition coefficient (Wildman–Crippen LogP) is 0.243. The molecule has 2 heterocycles. The van der Waals surface area contributed by atoms with Gasteiger partial charge < -0.3 is 20.6 Å². The Bertz CT molecular complexity index is 412. The summed E-state index contributed by atoms with van der Waals surface area (Å²) in [5.74, 6) is -1.86. The number of carbonyl (C=O) groups excluding carboxylic acids is 2. The Labute approximate surface area is 117 Å². The van der Waals surface area contributed by atoms with Gasteiger partial charge in [0.2, 0.25) is 5.91 Å². The summed E-state index contributed by atoms with van der Waals surface area (Å²) in [4.78, 5) is 38.0. The molecular formula is C13H21N3O4. The standard InChI is InChI=1S/C13H21N3O4/c14-11(17)10-5-1-2-7-16(10)13(20)15-6-3-4-9(8-15)12(18)19/h9-10H,1-8H2,(H2,14,17)(H,18,19)/t9-,10?/m1/s1. The first kappa shape index (κ1) is 14.6. The molecule has 3 N–H and O–H groups in total. The van der Waals surface area contributed by atoms with Crippen molar-refractivity contribution in [2.75, 3.05) is 19.6 Å². The van der Waals surface area contributed by atoms with Crippen LogP contribution in [0.5, 0.6) is 0 Å². The third kappa shape index (κ3) is 3.02. The number of amides is 3. The van der Waals surface area contributed by atoms with Gasteiger partial charge in [0.15, 0.2) is 0 Å². The van der Waals surface area contributed by atoms with Crippen LogP contribution in [-0.2, 0) is 9.59 Å². The van der Waals surface area contributed by atoms with Crippen molar-refractivity contribution in [1.29, 1.82) is 0 Å². The molecule has 0 aromatic carbocycles. The molecule has 7 nitrogen and oxygen atoms in total. The highest BCUT2D eigenvalue weighted by Crippen LogP contribution is 2.22. The van der Waals surface area contributed by atoms with Crippen molar-refractivity contribution in [3.8, 4) is 0 Å². The number of nitrogens with zero attached hydrogens (tertiary/aromatic N) is 2. The van der Waals surface area contributed by atoms with Crippen molar-refractivity contribution in [2.45, 2.75) is 38.1 Å². The minimum atomic E-state index is -0.868. The number of urea groups is 1. The normalized spacial score (nSPS) is 27.2. The third-order valence-electron chi connectivity index (χ3n) is 4.12. The van der Waals surface area contributed by atoms with E-state index in [4.69, 9.17) is 10.8 Å². The van der Waals surface area contributed by atoms with Gasteiger partial charge in [-0.15, -0.1) is 0 Å². The van der Waals surface area contributed by atoms with Crippen LogP contribution in [0.3, 0.4) is 0 Å². The molecule has 0 aliphatic carbocycles. The zero-order chi connectivity index (χ0) is 14.7. The van der Waals surface area contributed by atoms with Gasteiger partial charge >= 0.3 is 12.0 Å². The number of primary amides is 1. The van der Waals surface area contributed by atoms with E-state index in [9.17, 15) is 14.4 Å². The van der Waals surface area contributed by atoms with Gasteiger partial charge in [-0.05, 0) is 32.1 Å². The van der Waals surface area contributed by atoms with Crippen LogP contribution in [-0.4, -0.2) is 58.5 Å². The number of hydrogen-bond donors (Lipinski definition) is 2. The topological polar surface area (TPSA) is 104 Å². The van der Waals surface area contributed by atoms with Crippen LogP contribution in [0.4, 0.5) is 4.79 Å². The number of rotatable bonds is 2. The predicted molar refractivity (Wildman–Crippen MR) is 70.9 cm³/mol. The molecule has 0 saturated carbocycles. The number of likely N-dealkylation sites (tertiary alicyclic amines) is 2. The molecule has 7 heteroatoms. The number of carboxylic acids is 1. The lowest BCUT2D eigenvalue weighted by Gasteiger charge is -2.39. The molecule has 20 heavy (non-hydrogen) atoms. The lowest BCUT2D eigenvalue weighted by molar-refractivity contribution is -0.143. The monoisotopic (exact) mass is 283 g/mol. The van der Waals surface area contributed by atoms with Crippen molar-refractivity contribution in [3.63, 3.8) is 0 Å². The Hall–Kier alpha value is -1.79. The highest BCUT2D eigenvalue weighted by atomic mass is 16.4. The van der Waals surface area contributed by atoms with Gasteiger partial charge in [0.1, 0.15) is 6.04 Å². The fourth-order valence-corrected chi connectivity index (χ4v) is 2.99. The summed E-state index contributed by atoms with van der Waals surface area (Å²) in [5, 5.41) is 9.06. The molecule has 2 aliphatic heterocycles. The second-order valence-electron chi connectivity index (χ2n) is 5.51. The van der Waals surface area contributed by atoms with E-state index in [0.717, 1.165) is 12.8 Å². The Morgan fingerprint density at radius 1 is 1.05 bits per heavy atom. The van der Waals surface area contributed by atoms with Gasteiger partial charge in [0.25, 0.3) is 0 Å². The Morgan fingerprint density at radius 2 is 1.80 bits per heavy atom. The summed E-state index contributed by atoms with van der Waals surface area (Å²) < 4.78 is 0. The maximum atomic E-state index is 12.5. The summed E-state index contributed by atoms with van der Waals surface area (Å²) in [5.41, 5.74) is 5.35. The molecule has 1 unspecified atom stereocenters. The first-order valence-electron chi connectivity index (χ1n) is 7.08. The van der Waals surface area contributed by atoms with Crippen LogP contribution in [0, 0.1) is 5.92 Å².